The van der Waals surface area contributed by atoms with Gasteiger partial charge in [0.25, 0.3) is 0 Å². The van der Waals surface area contributed by atoms with Crippen molar-refractivity contribution in [3.05, 3.63) is 41.7 Å². The molecular weight excluding hydrogens is 354 g/mol. The highest BCUT2D eigenvalue weighted by Gasteiger charge is 2.06. The maximum atomic E-state index is 5.91. The maximum Gasteiger partial charge on any atom is 0.191 e. The zero-order valence-electron chi connectivity index (χ0n) is 17.7. The van der Waals surface area contributed by atoms with Crippen molar-refractivity contribution in [1.82, 2.24) is 20.4 Å². The fourth-order valence-corrected chi connectivity index (χ4v) is 2.82. The Labute approximate surface area is 168 Å². The molecular formula is C21H33N5O2. The lowest BCUT2D eigenvalue weighted by molar-refractivity contribution is 0.230. The molecule has 1 aromatic carbocycles. The van der Waals surface area contributed by atoms with Crippen LogP contribution in [0, 0.1) is 13.8 Å². The van der Waals surface area contributed by atoms with Crippen molar-refractivity contribution in [2.45, 2.75) is 46.8 Å². The van der Waals surface area contributed by atoms with Crippen molar-refractivity contribution in [2.75, 3.05) is 26.7 Å². The molecule has 2 N–H and O–H groups in total. The molecule has 0 aliphatic heterocycles. The Morgan fingerprint density at radius 3 is 2.50 bits per heavy atom. The largest absolute Gasteiger partial charge is 0.497 e. The smallest absolute Gasteiger partial charge is 0.191 e. The number of nitrogens with zero attached hydrogens (tertiary/aromatic N) is 3. The number of aryl methyl sites for hydroxylation is 3. The van der Waals surface area contributed by atoms with Crippen molar-refractivity contribution >= 4 is 5.96 Å². The van der Waals surface area contributed by atoms with Crippen LogP contribution >= 0.6 is 0 Å². The summed E-state index contributed by atoms with van der Waals surface area (Å²) in [6.45, 7) is 11.3. The summed E-state index contributed by atoms with van der Waals surface area (Å²) in [6.07, 6.45) is 0.947. The first-order chi connectivity index (χ1) is 13.5. The zero-order chi connectivity index (χ0) is 20.4. The third-order valence-electron chi connectivity index (χ3n) is 4.19. The Balaban J connectivity index is 1.77. The van der Waals surface area contributed by atoms with Crippen molar-refractivity contribution in [3.8, 4) is 11.5 Å². The second kappa shape index (κ2) is 11.2. The lowest BCUT2D eigenvalue weighted by Gasteiger charge is -2.15. The summed E-state index contributed by atoms with van der Waals surface area (Å²) in [6, 6.07) is 9.69. The summed E-state index contributed by atoms with van der Waals surface area (Å²) in [7, 11) is 1.65. The Bertz CT molecular complexity index is 740. The van der Waals surface area contributed by atoms with Gasteiger partial charge in [0.1, 0.15) is 17.6 Å². The van der Waals surface area contributed by atoms with Gasteiger partial charge in [-0.15, -0.1) is 0 Å². The molecule has 0 aliphatic carbocycles. The second-order valence-electron chi connectivity index (χ2n) is 6.75. The first-order valence-corrected chi connectivity index (χ1v) is 9.85. The molecule has 0 aliphatic rings. The molecule has 0 saturated heterocycles. The van der Waals surface area contributed by atoms with Crippen LogP contribution in [0.5, 0.6) is 11.5 Å². The monoisotopic (exact) mass is 387 g/mol. The average molecular weight is 388 g/mol. The number of methoxy groups -OCH3 is 1. The van der Waals surface area contributed by atoms with Gasteiger partial charge in [-0.1, -0.05) is 0 Å². The topological polar surface area (TPSA) is 72.7 Å². The third-order valence-corrected chi connectivity index (χ3v) is 4.19. The van der Waals surface area contributed by atoms with Crippen molar-refractivity contribution in [1.29, 1.82) is 0 Å². The van der Waals surface area contributed by atoms with Crippen molar-refractivity contribution in [2.24, 2.45) is 4.99 Å². The number of benzene rings is 1. The van der Waals surface area contributed by atoms with Crippen LogP contribution in [0.15, 0.2) is 35.3 Å². The van der Waals surface area contributed by atoms with Gasteiger partial charge in [-0.05, 0) is 64.4 Å². The summed E-state index contributed by atoms with van der Waals surface area (Å²) >= 11 is 0. The second-order valence-corrected chi connectivity index (χ2v) is 6.75. The Morgan fingerprint density at radius 1 is 1.18 bits per heavy atom. The number of nitrogens with one attached hydrogen (secondary N) is 2. The van der Waals surface area contributed by atoms with Gasteiger partial charge in [-0.25, -0.2) is 4.99 Å². The predicted octanol–water partition coefficient (Wildman–Crippen LogP) is 2.92. The van der Waals surface area contributed by atoms with E-state index in [-0.39, 0.29) is 6.10 Å². The van der Waals surface area contributed by atoms with E-state index in [0.29, 0.717) is 6.54 Å². The standard InChI is InChI=1S/C21H33N5O2/c1-6-22-21(23-12-7-13-26-17(3)14-16(2)25-26)24-15-18(4)28-20-10-8-19(27-5)9-11-20/h8-11,14,18H,6-7,12-13,15H2,1-5H3,(H2,22,23,24). The van der Waals surface area contributed by atoms with Crippen LogP contribution < -0.4 is 20.1 Å². The maximum absolute atomic E-state index is 5.91. The molecule has 0 saturated carbocycles. The minimum absolute atomic E-state index is 0.0291. The normalized spacial score (nSPS) is 12.5. The third kappa shape index (κ3) is 7.13. The van der Waals surface area contributed by atoms with Crippen LogP contribution in [0.4, 0.5) is 0 Å². The molecule has 7 nitrogen and oxygen atoms in total. The number of ether oxygens (including phenoxy) is 2. The summed E-state index contributed by atoms with van der Waals surface area (Å²) in [5, 5.41) is 11.1. The van der Waals surface area contributed by atoms with E-state index >= 15 is 0 Å². The van der Waals surface area contributed by atoms with E-state index in [9.17, 15) is 0 Å². The molecule has 1 atom stereocenters. The Kier molecular flexibility index (Phi) is 8.65. The van der Waals surface area contributed by atoms with Gasteiger partial charge >= 0.3 is 0 Å². The number of aromatic nitrogens is 2. The van der Waals surface area contributed by atoms with E-state index in [0.717, 1.165) is 49.2 Å². The molecule has 2 aromatic rings. The first kappa shape index (κ1) is 21.6. The van der Waals surface area contributed by atoms with E-state index < -0.39 is 0 Å². The average Bonchev–Trinajstić information content (AvgIpc) is 3.00. The van der Waals surface area contributed by atoms with Gasteiger partial charge in [-0.3, -0.25) is 4.68 Å². The number of hydrogen-bond donors (Lipinski definition) is 2. The van der Waals surface area contributed by atoms with E-state index in [1.54, 1.807) is 7.11 Å². The highest BCUT2D eigenvalue weighted by atomic mass is 16.5. The lowest BCUT2D eigenvalue weighted by atomic mass is 10.3. The van der Waals surface area contributed by atoms with Crippen molar-refractivity contribution in [3.63, 3.8) is 0 Å². The van der Waals surface area contributed by atoms with E-state index in [1.165, 1.54) is 5.69 Å². The van der Waals surface area contributed by atoms with Crippen LogP contribution in [0.2, 0.25) is 0 Å². The molecule has 2 rings (SSSR count). The minimum atomic E-state index is -0.0291. The van der Waals surface area contributed by atoms with Crippen molar-refractivity contribution < 1.29 is 9.47 Å². The molecule has 1 aromatic heterocycles. The van der Waals surface area contributed by atoms with Gasteiger partial charge in [0.2, 0.25) is 0 Å². The van der Waals surface area contributed by atoms with Crippen LogP contribution in [0.25, 0.3) is 0 Å². The number of aliphatic imine (C=N–C) groups is 1. The molecule has 28 heavy (non-hydrogen) atoms. The van der Waals surface area contributed by atoms with E-state index in [1.807, 2.05) is 42.8 Å². The quantitative estimate of drug-likeness (QED) is 0.373. The van der Waals surface area contributed by atoms with Gasteiger partial charge in [0.15, 0.2) is 5.96 Å². The summed E-state index contributed by atoms with van der Waals surface area (Å²) < 4.78 is 13.1. The molecule has 0 bridgehead atoms. The van der Waals surface area contributed by atoms with Crippen LogP contribution in [0.1, 0.15) is 31.7 Å². The lowest BCUT2D eigenvalue weighted by Crippen LogP contribution is -2.38. The molecule has 0 amide bonds. The molecule has 1 unspecified atom stereocenters. The van der Waals surface area contributed by atoms with E-state index in [4.69, 9.17) is 9.47 Å². The fraction of sp³-hybridized carbons (Fsp3) is 0.524. The summed E-state index contributed by atoms with van der Waals surface area (Å²) in [4.78, 5) is 4.63. The molecule has 0 spiro atoms. The number of rotatable bonds is 10. The van der Waals surface area contributed by atoms with Gasteiger partial charge < -0.3 is 20.1 Å². The Hall–Kier alpha value is -2.70. The summed E-state index contributed by atoms with van der Waals surface area (Å²) in [5.41, 5.74) is 2.26. The van der Waals surface area contributed by atoms with Gasteiger partial charge in [-0.2, -0.15) is 5.10 Å². The minimum Gasteiger partial charge on any atom is -0.497 e. The molecule has 0 radical (unpaired) electrons. The fourth-order valence-electron chi connectivity index (χ4n) is 2.82. The van der Waals surface area contributed by atoms with Crippen LogP contribution in [-0.2, 0) is 6.54 Å². The zero-order valence-corrected chi connectivity index (χ0v) is 17.7. The summed E-state index contributed by atoms with van der Waals surface area (Å²) in [5.74, 6) is 2.43. The van der Waals surface area contributed by atoms with Crippen LogP contribution in [0.3, 0.4) is 0 Å². The highest BCUT2D eigenvalue weighted by Crippen LogP contribution is 2.18. The molecule has 1 heterocycles. The van der Waals surface area contributed by atoms with Gasteiger partial charge in [0, 0.05) is 25.3 Å². The first-order valence-electron chi connectivity index (χ1n) is 9.85. The molecule has 154 valence electrons. The van der Waals surface area contributed by atoms with E-state index in [2.05, 4.69) is 40.6 Å². The van der Waals surface area contributed by atoms with Gasteiger partial charge in [0.05, 0.1) is 19.3 Å². The SMILES string of the molecule is CCNC(=NCC(C)Oc1ccc(OC)cc1)NCCCn1nc(C)cc1C. The van der Waals surface area contributed by atoms with Crippen LogP contribution in [-0.4, -0.2) is 48.6 Å². The predicted molar refractivity (Wildman–Crippen MR) is 113 cm³/mol. The molecule has 7 heteroatoms. The Morgan fingerprint density at radius 2 is 1.89 bits per heavy atom. The molecule has 0 fully saturated rings. The number of hydrogen-bond acceptors (Lipinski definition) is 4. The number of guanidine groups is 1. The highest BCUT2D eigenvalue weighted by molar-refractivity contribution is 5.79.